The Morgan fingerprint density at radius 3 is 1.77 bits per heavy atom. The predicted molar refractivity (Wildman–Crippen MR) is 98.5 cm³/mol. The summed E-state index contributed by atoms with van der Waals surface area (Å²) in [5.41, 5.74) is 0.287. The van der Waals surface area contributed by atoms with Crippen LogP contribution in [0.3, 0.4) is 0 Å². The Bertz CT molecular complexity index is 1090. The van der Waals surface area contributed by atoms with Crippen molar-refractivity contribution >= 4 is 6.08 Å². The van der Waals surface area contributed by atoms with Crippen molar-refractivity contribution in [1.29, 1.82) is 0 Å². The van der Waals surface area contributed by atoms with Gasteiger partial charge >= 0.3 is 6.36 Å². The molecule has 0 saturated heterocycles. The van der Waals surface area contributed by atoms with Crippen molar-refractivity contribution in [2.45, 2.75) is 13.3 Å². The summed E-state index contributed by atoms with van der Waals surface area (Å²) in [4.78, 5) is 0. The molecule has 3 rings (SSSR count). The van der Waals surface area contributed by atoms with Gasteiger partial charge in [0.05, 0.1) is 0 Å². The first-order valence-corrected chi connectivity index (χ1v) is 8.56. The van der Waals surface area contributed by atoms with Crippen LogP contribution in [-0.2, 0) is 0 Å². The van der Waals surface area contributed by atoms with E-state index >= 15 is 0 Å². The van der Waals surface area contributed by atoms with E-state index in [1.165, 1.54) is 18.2 Å². The van der Waals surface area contributed by atoms with E-state index in [1.54, 1.807) is 25.1 Å². The second-order valence-electron chi connectivity index (χ2n) is 6.25. The van der Waals surface area contributed by atoms with Crippen LogP contribution in [-0.4, -0.2) is 6.36 Å². The highest BCUT2D eigenvalue weighted by atomic mass is 19.4. The predicted octanol–water partition coefficient (Wildman–Crippen LogP) is 7.51. The van der Waals surface area contributed by atoms with Crippen LogP contribution in [0.4, 0.5) is 30.7 Å². The lowest BCUT2D eigenvalue weighted by Crippen LogP contribution is -2.19. The molecule has 3 aromatic carbocycles. The average molecular weight is 426 g/mol. The van der Waals surface area contributed by atoms with Crippen molar-refractivity contribution in [2.24, 2.45) is 0 Å². The maximum absolute atomic E-state index is 14.6. The molecule has 0 atom stereocenters. The monoisotopic (exact) mass is 426 g/mol. The number of benzene rings is 3. The molecule has 0 fully saturated rings. The van der Waals surface area contributed by atoms with Gasteiger partial charge in [-0.2, -0.15) is 0 Å². The minimum absolute atomic E-state index is 0.111. The molecule has 0 unspecified atom stereocenters. The fourth-order valence-electron chi connectivity index (χ4n) is 2.91. The highest BCUT2D eigenvalue weighted by Crippen LogP contribution is 2.35. The molecule has 156 valence electrons. The maximum Gasteiger partial charge on any atom is 0.573 e. The van der Waals surface area contributed by atoms with E-state index in [2.05, 4.69) is 4.74 Å². The van der Waals surface area contributed by atoms with Crippen molar-refractivity contribution in [3.05, 3.63) is 83.4 Å². The zero-order chi connectivity index (χ0) is 22.1. The summed E-state index contributed by atoms with van der Waals surface area (Å²) in [5, 5.41) is 0. The van der Waals surface area contributed by atoms with Crippen molar-refractivity contribution < 1.29 is 35.5 Å². The Labute approximate surface area is 167 Å². The molecule has 0 aliphatic rings. The zero-order valence-electron chi connectivity index (χ0n) is 15.3. The minimum atomic E-state index is -5.29. The molecule has 0 aromatic heterocycles. The minimum Gasteiger partial charge on any atom is -0.399 e. The standard InChI is InChI=1S/C22H13F7O/c1-2-3-12-4-6-15(17(23)8-12)13-5-7-16(18(24)9-13)14-10-19(25)21(20(26)11-14)30-22(27,28)29/h2-11H,1H3. The molecule has 30 heavy (non-hydrogen) atoms. The van der Waals surface area contributed by atoms with Gasteiger partial charge in [0.15, 0.2) is 11.6 Å². The smallest absolute Gasteiger partial charge is 0.399 e. The molecule has 0 N–H and O–H groups in total. The van der Waals surface area contributed by atoms with Gasteiger partial charge < -0.3 is 4.74 Å². The number of rotatable bonds is 4. The average Bonchev–Trinajstić information content (AvgIpc) is 2.64. The van der Waals surface area contributed by atoms with Crippen molar-refractivity contribution in [1.82, 2.24) is 0 Å². The van der Waals surface area contributed by atoms with Crippen LogP contribution in [0.25, 0.3) is 28.3 Å². The van der Waals surface area contributed by atoms with Crippen molar-refractivity contribution in [3.8, 4) is 28.0 Å². The van der Waals surface area contributed by atoms with Gasteiger partial charge in [-0.1, -0.05) is 36.4 Å². The topological polar surface area (TPSA) is 9.23 Å². The molecule has 0 radical (unpaired) electrons. The molecule has 0 heterocycles. The summed E-state index contributed by atoms with van der Waals surface area (Å²) >= 11 is 0. The third-order valence-corrected chi connectivity index (χ3v) is 4.16. The van der Waals surface area contributed by atoms with E-state index in [0.717, 1.165) is 12.1 Å². The van der Waals surface area contributed by atoms with Crippen LogP contribution in [0.15, 0.2) is 54.6 Å². The lowest BCUT2D eigenvalue weighted by molar-refractivity contribution is -0.276. The second-order valence-corrected chi connectivity index (χ2v) is 6.25. The molecule has 8 heteroatoms. The highest BCUT2D eigenvalue weighted by molar-refractivity contribution is 5.72. The van der Waals surface area contributed by atoms with Gasteiger partial charge in [0.25, 0.3) is 0 Å². The normalized spacial score (nSPS) is 11.9. The zero-order valence-corrected chi connectivity index (χ0v) is 15.3. The third kappa shape index (κ3) is 4.64. The van der Waals surface area contributed by atoms with E-state index in [-0.39, 0.29) is 22.3 Å². The molecule has 3 aromatic rings. The molecule has 0 amide bonds. The van der Waals surface area contributed by atoms with Gasteiger partial charge in [-0.15, -0.1) is 13.2 Å². The van der Waals surface area contributed by atoms with Crippen LogP contribution in [0.2, 0.25) is 0 Å². The summed E-state index contributed by atoms with van der Waals surface area (Å²) in [6.45, 7) is 1.77. The van der Waals surface area contributed by atoms with Crippen LogP contribution in [0.5, 0.6) is 5.75 Å². The van der Waals surface area contributed by atoms with Gasteiger partial charge in [-0.05, 0) is 47.9 Å². The number of alkyl halides is 3. The molecular weight excluding hydrogens is 413 g/mol. The van der Waals surface area contributed by atoms with Gasteiger partial charge in [0, 0.05) is 11.1 Å². The first-order valence-electron chi connectivity index (χ1n) is 8.56. The Balaban J connectivity index is 1.98. The summed E-state index contributed by atoms with van der Waals surface area (Å²) in [6, 6.07) is 8.87. The van der Waals surface area contributed by atoms with E-state index in [1.807, 2.05) is 0 Å². The van der Waals surface area contributed by atoms with E-state index < -0.39 is 35.4 Å². The SMILES string of the molecule is CC=Cc1ccc(-c2ccc(-c3cc(F)c(OC(F)(F)F)c(F)c3)c(F)c2)c(F)c1. The highest BCUT2D eigenvalue weighted by Gasteiger charge is 2.34. The maximum atomic E-state index is 14.6. The summed E-state index contributed by atoms with van der Waals surface area (Å²) in [5.74, 6) is -6.45. The lowest BCUT2D eigenvalue weighted by atomic mass is 9.98. The van der Waals surface area contributed by atoms with Crippen LogP contribution >= 0.6 is 0 Å². The number of allylic oxidation sites excluding steroid dienone is 1. The molecule has 0 saturated carbocycles. The molecule has 0 aliphatic carbocycles. The van der Waals surface area contributed by atoms with Crippen LogP contribution < -0.4 is 4.74 Å². The third-order valence-electron chi connectivity index (χ3n) is 4.16. The van der Waals surface area contributed by atoms with Gasteiger partial charge in [-0.3, -0.25) is 0 Å². The van der Waals surface area contributed by atoms with E-state index in [4.69, 9.17) is 0 Å². The van der Waals surface area contributed by atoms with Gasteiger partial charge in [0.1, 0.15) is 11.6 Å². The number of ether oxygens (including phenoxy) is 1. The second kappa shape index (κ2) is 8.22. The molecule has 0 aliphatic heterocycles. The fraction of sp³-hybridized carbons (Fsp3) is 0.0909. The fourth-order valence-corrected chi connectivity index (χ4v) is 2.91. The largest absolute Gasteiger partial charge is 0.573 e. The van der Waals surface area contributed by atoms with Crippen molar-refractivity contribution in [3.63, 3.8) is 0 Å². The Morgan fingerprint density at radius 2 is 1.23 bits per heavy atom. The first kappa shape index (κ1) is 21.4. The summed E-state index contributed by atoms with van der Waals surface area (Å²) < 4.78 is 96.8. The van der Waals surface area contributed by atoms with Gasteiger partial charge in [-0.25, -0.2) is 17.6 Å². The summed E-state index contributed by atoms with van der Waals surface area (Å²) in [7, 11) is 0. The van der Waals surface area contributed by atoms with Gasteiger partial charge in [0.2, 0.25) is 5.75 Å². The number of halogens is 7. The number of hydrogen-bond donors (Lipinski definition) is 0. The molecule has 0 spiro atoms. The number of hydrogen-bond acceptors (Lipinski definition) is 1. The quantitative estimate of drug-likeness (QED) is 0.392. The van der Waals surface area contributed by atoms with Crippen LogP contribution in [0.1, 0.15) is 12.5 Å². The first-order chi connectivity index (χ1) is 14.1. The van der Waals surface area contributed by atoms with E-state index in [9.17, 15) is 30.7 Å². The van der Waals surface area contributed by atoms with Crippen LogP contribution in [0, 0.1) is 23.3 Å². The Hall–Kier alpha value is -3.29. The van der Waals surface area contributed by atoms with Crippen molar-refractivity contribution in [2.75, 3.05) is 0 Å². The summed E-state index contributed by atoms with van der Waals surface area (Å²) in [6.07, 6.45) is -1.87. The Morgan fingerprint density at radius 1 is 0.700 bits per heavy atom. The molecule has 0 bridgehead atoms. The molecular formula is C22H13F7O. The Kier molecular flexibility index (Phi) is 5.87. The van der Waals surface area contributed by atoms with E-state index in [0.29, 0.717) is 17.7 Å². The lowest BCUT2D eigenvalue weighted by Gasteiger charge is -2.13. The molecule has 1 nitrogen and oxygen atoms in total.